The number of hydrogen-bond donors (Lipinski definition) is 1. The molecule has 0 aromatic heterocycles. The Balaban J connectivity index is 2.93. The van der Waals surface area contributed by atoms with E-state index in [0.717, 1.165) is 32.5 Å². The zero-order valence-corrected chi connectivity index (χ0v) is 10.5. The summed E-state index contributed by atoms with van der Waals surface area (Å²) in [4.78, 5) is 0. The van der Waals surface area contributed by atoms with E-state index in [-0.39, 0.29) is 0 Å². The minimum absolute atomic E-state index is 0.319. The van der Waals surface area contributed by atoms with Crippen LogP contribution in [0.25, 0.3) is 0 Å². The van der Waals surface area contributed by atoms with Gasteiger partial charge in [-0.15, -0.1) is 0 Å². The van der Waals surface area contributed by atoms with Crippen LogP contribution in [-0.4, -0.2) is 32.5 Å². The minimum Gasteiger partial charge on any atom is -0.379 e. The molecule has 3 nitrogen and oxygen atoms in total. The van der Waals surface area contributed by atoms with Gasteiger partial charge in [0.05, 0.1) is 13.2 Å². The van der Waals surface area contributed by atoms with E-state index in [9.17, 15) is 0 Å². The van der Waals surface area contributed by atoms with Crippen molar-refractivity contribution in [3.05, 3.63) is 0 Å². The van der Waals surface area contributed by atoms with Gasteiger partial charge in [0, 0.05) is 19.3 Å². The topological polar surface area (TPSA) is 44.5 Å². The van der Waals surface area contributed by atoms with Gasteiger partial charge in [-0.25, -0.2) is 0 Å². The van der Waals surface area contributed by atoms with Crippen LogP contribution in [0.2, 0.25) is 0 Å². The van der Waals surface area contributed by atoms with E-state index in [2.05, 4.69) is 13.8 Å². The summed E-state index contributed by atoms with van der Waals surface area (Å²) in [5.41, 5.74) is 5.64. The summed E-state index contributed by atoms with van der Waals surface area (Å²) in [5, 5.41) is 0. The predicted octanol–water partition coefficient (Wildman–Crippen LogP) is 2.19. The molecule has 0 heterocycles. The summed E-state index contributed by atoms with van der Waals surface area (Å²) in [6.45, 7) is 9.42. The second kappa shape index (κ2) is 10.4. The van der Waals surface area contributed by atoms with E-state index in [4.69, 9.17) is 15.2 Å². The lowest BCUT2D eigenvalue weighted by molar-refractivity contribution is 0.0365. The second-order valence-corrected chi connectivity index (χ2v) is 4.55. The van der Waals surface area contributed by atoms with Gasteiger partial charge in [0.1, 0.15) is 0 Å². The van der Waals surface area contributed by atoms with Crippen molar-refractivity contribution in [2.75, 3.05) is 26.4 Å². The maximum atomic E-state index is 5.64. The van der Waals surface area contributed by atoms with Crippen molar-refractivity contribution in [2.24, 2.45) is 11.7 Å². The normalized spacial score (nSPS) is 13.4. The first-order valence-electron chi connectivity index (χ1n) is 6.04. The summed E-state index contributed by atoms with van der Waals surface area (Å²) in [6, 6.07) is 0.319. The molecule has 0 bridgehead atoms. The minimum atomic E-state index is 0.319. The maximum absolute atomic E-state index is 5.64. The van der Waals surface area contributed by atoms with Crippen molar-refractivity contribution in [1.29, 1.82) is 0 Å². The molecule has 3 heteroatoms. The molecule has 0 aromatic carbocycles. The Morgan fingerprint density at radius 2 is 1.60 bits per heavy atom. The molecule has 0 spiro atoms. The summed E-state index contributed by atoms with van der Waals surface area (Å²) < 4.78 is 10.8. The van der Waals surface area contributed by atoms with Gasteiger partial charge in [-0.3, -0.25) is 0 Å². The second-order valence-electron chi connectivity index (χ2n) is 4.55. The molecule has 0 fully saturated rings. The highest BCUT2D eigenvalue weighted by Gasteiger charge is 1.95. The molecule has 0 radical (unpaired) electrons. The lowest BCUT2D eigenvalue weighted by Crippen LogP contribution is -2.14. The van der Waals surface area contributed by atoms with Crippen molar-refractivity contribution in [2.45, 2.75) is 46.1 Å². The van der Waals surface area contributed by atoms with Crippen LogP contribution >= 0.6 is 0 Å². The van der Waals surface area contributed by atoms with E-state index in [1.807, 2.05) is 6.92 Å². The number of rotatable bonds is 10. The fraction of sp³-hybridized carbons (Fsp3) is 1.00. The molecule has 0 saturated carbocycles. The van der Waals surface area contributed by atoms with Crippen LogP contribution in [0.1, 0.15) is 40.0 Å². The molecule has 0 amide bonds. The first-order chi connectivity index (χ1) is 7.13. The van der Waals surface area contributed by atoms with Crippen molar-refractivity contribution in [1.82, 2.24) is 0 Å². The Labute approximate surface area is 94.3 Å². The van der Waals surface area contributed by atoms with Crippen molar-refractivity contribution >= 4 is 0 Å². The molecule has 92 valence electrons. The average molecular weight is 217 g/mol. The molecule has 2 N–H and O–H groups in total. The Bertz CT molecular complexity index is 113. The summed E-state index contributed by atoms with van der Waals surface area (Å²) in [7, 11) is 0. The van der Waals surface area contributed by atoms with E-state index in [0.29, 0.717) is 25.2 Å². The highest BCUT2D eigenvalue weighted by Crippen LogP contribution is 1.98. The Hall–Kier alpha value is -0.120. The van der Waals surface area contributed by atoms with Crippen molar-refractivity contribution in [3.8, 4) is 0 Å². The Morgan fingerprint density at radius 1 is 0.933 bits per heavy atom. The van der Waals surface area contributed by atoms with Crippen LogP contribution in [-0.2, 0) is 9.47 Å². The fourth-order valence-electron chi connectivity index (χ4n) is 1.21. The first-order valence-corrected chi connectivity index (χ1v) is 6.04. The lowest BCUT2D eigenvalue weighted by atomic mass is 10.1. The number of unbranched alkanes of at least 4 members (excludes halogenated alkanes) is 1. The molecular formula is C12H27NO2. The Morgan fingerprint density at radius 3 is 2.20 bits per heavy atom. The van der Waals surface area contributed by atoms with Gasteiger partial charge in [0.2, 0.25) is 0 Å². The predicted molar refractivity (Wildman–Crippen MR) is 64.0 cm³/mol. The number of ether oxygens (including phenoxy) is 2. The van der Waals surface area contributed by atoms with Crippen LogP contribution in [0.4, 0.5) is 0 Å². The third-order valence-corrected chi connectivity index (χ3v) is 2.02. The molecule has 0 aliphatic heterocycles. The summed E-state index contributed by atoms with van der Waals surface area (Å²) in [5.74, 6) is 0.607. The molecule has 0 aliphatic carbocycles. The fourth-order valence-corrected chi connectivity index (χ4v) is 1.21. The van der Waals surface area contributed by atoms with Crippen molar-refractivity contribution in [3.63, 3.8) is 0 Å². The van der Waals surface area contributed by atoms with Crippen LogP contribution in [0.15, 0.2) is 0 Å². The zero-order chi connectivity index (χ0) is 11.5. The molecule has 15 heavy (non-hydrogen) atoms. The smallest absolute Gasteiger partial charge is 0.0700 e. The van der Waals surface area contributed by atoms with Gasteiger partial charge in [-0.2, -0.15) is 0 Å². The third-order valence-electron chi connectivity index (χ3n) is 2.02. The van der Waals surface area contributed by atoms with Gasteiger partial charge in [-0.05, 0) is 32.1 Å². The highest BCUT2D eigenvalue weighted by atomic mass is 16.5. The van der Waals surface area contributed by atoms with Gasteiger partial charge in [-0.1, -0.05) is 13.8 Å². The molecular weight excluding hydrogens is 190 g/mol. The highest BCUT2D eigenvalue weighted by molar-refractivity contribution is 4.52. The van der Waals surface area contributed by atoms with Gasteiger partial charge >= 0.3 is 0 Å². The maximum Gasteiger partial charge on any atom is 0.0700 e. The van der Waals surface area contributed by atoms with E-state index in [1.54, 1.807) is 0 Å². The number of nitrogens with two attached hydrogens (primary N) is 1. The van der Waals surface area contributed by atoms with Crippen molar-refractivity contribution < 1.29 is 9.47 Å². The van der Waals surface area contributed by atoms with E-state index < -0.39 is 0 Å². The number of hydrogen-bond acceptors (Lipinski definition) is 3. The first kappa shape index (κ1) is 14.9. The lowest BCUT2D eigenvalue weighted by Gasteiger charge is -2.08. The van der Waals surface area contributed by atoms with Gasteiger partial charge < -0.3 is 15.2 Å². The standard InChI is InChI=1S/C12H27NO2/c1-11(2)10-15-9-8-14-7-5-4-6-12(3)13/h11-12H,4-10,13H2,1-3H3. The largest absolute Gasteiger partial charge is 0.379 e. The monoisotopic (exact) mass is 217 g/mol. The molecule has 1 unspecified atom stereocenters. The van der Waals surface area contributed by atoms with E-state index >= 15 is 0 Å². The zero-order valence-electron chi connectivity index (χ0n) is 10.5. The summed E-state index contributed by atoms with van der Waals surface area (Å²) >= 11 is 0. The van der Waals surface area contributed by atoms with Crippen LogP contribution < -0.4 is 5.73 Å². The summed E-state index contributed by atoms with van der Waals surface area (Å²) in [6.07, 6.45) is 3.35. The SMILES string of the molecule is CC(C)COCCOCCCCC(C)N. The van der Waals surface area contributed by atoms with Gasteiger partial charge in [0.15, 0.2) is 0 Å². The third kappa shape index (κ3) is 13.9. The molecule has 0 rings (SSSR count). The van der Waals surface area contributed by atoms with Crippen LogP contribution in [0.5, 0.6) is 0 Å². The van der Waals surface area contributed by atoms with Crippen LogP contribution in [0.3, 0.4) is 0 Å². The average Bonchev–Trinajstić information content (AvgIpc) is 2.14. The van der Waals surface area contributed by atoms with Gasteiger partial charge in [0.25, 0.3) is 0 Å². The quantitative estimate of drug-likeness (QED) is 0.570. The Kier molecular flexibility index (Phi) is 10.3. The van der Waals surface area contributed by atoms with Crippen LogP contribution in [0, 0.1) is 5.92 Å². The van der Waals surface area contributed by atoms with E-state index in [1.165, 1.54) is 0 Å². The molecule has 0 aliphatic rings. The molecule has 1 atom stereocenters. The molecule has 0 aromatic rings. The molecule has 0 saturated heterocycles.